The molecule has 1 aromatic rings. The number of Topliss-reactive ketones (excluding diaryl/α,β-unsaturated/α-hetero) is 1. The number of esters is 1. The summed E-state index contributed by atoms with van der Waals surface area (Å²) < 4.78 is 42.2. The van der Waals surface area contributed by atoms with Crippen LogP contribution in [0.4, 0.5) is 13.2 Å². The average molecular weight is 339 g/mol. The molecule has 19 heavy (non-hydrogen) atoms. The molecule has 0 bridgehead atoms. The molecule has 0 aliphatic heterocycles. The van der Waals surface area contributed by atoms with Gasteiger partial charge in [0.25, 0.3) is 0 Å². The monoisotopic (exact) mass is 338 g/mol. The summed E-state index contributed by atoms with van der Waals surface area (Å²) in [5.74, 6) is -1.12. The topological polar surface area (TPSA) is 43.4 Å². The first kappa shape index (κ1) is 15.7. The molecule has 0 unspecified atom stereocenters. The summed E-state index contributed by atoms with van der Waals surface area (Å²) in [6.45, 7) is 0. The Labute approximate surface area is 115 Å². The molecule has 0 saturated carbocycles. The molecular weight excluding hydrogens is 329 g/mol. The number of halogens is 4. The summed E-state index contributed by atoms with van der Waals surface area (Å²) in [4.78, 5) is 22.5. The number of ether oxygens (including phenoxy) is 1. The van der Waals surface area contributed by atoms with Gasteiger partial charge in [0.1, 0.15) is 0 Å². The molecule has 0 atom stereocenters. The van der Waals surface area contributed by atoms with E-state index in [2.05, 4.69) is 20.7 Å². The van der Waals surface area contributed by atoms with Gasteiger partial charge >= 0.3 is 12.1 Å². The molecular formula is C12H10BrF3O3. The number of hydrogen-bond acceptors (Lipinski definition) is 3. The van der Waals surface area contributed by atoms with Crippen molar-refractivity contribution in [1.29, 1.82) is 0 Å². The Morgan fingerprint density at radius 1 is 1.26 bits per heavy atom. The average Bonchev–Trinajstić information content (AvgIpc) is 2.34. The van der Waals surface area contributed by atoms with E-state index in [0.29, 0.717) is 0 Å². The zero-order valence-corrected chi connectivity index (χ0v) is 11.5. The fourth-order valence-electron chi connectivity index (χ4n) is 1.38. The standard InChI is InChI=1S/C12H10BrF3O3/c1-19-11(18)5-4-10(17)7-2-3-9(13)8(6-7)12(14,15)16/h2-3,6H,4-5H2,1H3. The minimum atomic E-state index is -4.54. The lowest BCUT2D eigenvalue weighted by Gasteiger charge is -2.10. The highest BCUT2D eigenvalue weighted by molar-refractivity contribution is 9.10. The summed E-state index contributed by atoms with van der Waals surface area (Å²) in [5.41, 5.74) is -1.00. The largest absolute Gasteiger partial charge is 0.469 e. The Bertz CT molecular complexity index is 497. The van der Waals surface area contributed by atoms with Gasteiger partial charge in [0.05, 0.1) is 19.1 Å². The lowest BCUT2D eigenvalue weighted by molar-refractivity contribution is -0.140. The van der Waals surface area contributed by atoms with Gasteiger partial charge in [0.2, 0.25) is 0 Å². The van der Waals surface area contributed by atoms with Crippen LogP contribution in [0.3, 0.4) is 0 Å². The van der Waals surface area contributed by atoms with E-state index in [-0.39, 0.29) is 22.9 Å². The van der Waals surface area contributed by atoms with Gasteiger partial charge in [-0.25, -0.2) is 0 Å². The Morgan fingerprint density at radius 3 is 2.42 bits per heavy atom. The van der Waals surface area contributed by atoms with Crippen molar-refractivity contribution in [3.8, 4) is 0 Å². The molecule has 0 saturated heterocycles. The number of carbonyl (C=O) groups is 2. The van der Waals surface area contributed by atoms with E-state index in [1.807, 2.05) is 0 Å². The summed E-state index contributed by atoms with van der Waals surface area (Å²) in [6.07, 6.45) is -4.89. The van der Waals surface area contributed by atoms with Crippen LogP contribution in [-0.4, -0.2) is 18.9 Å². The van der Waals surface area contributed by atoms with Gasteiger partial charge < -0.3 is 4.74 Å². The maximum Gasteiger partial charge on any atom is 0.417 e. The van der Waals surface area contributed by atoms with Gasteiger partial charge in [0, 0.05) is 16.5 Å². The first-order chi connectivity index (χ1) is 8.75. The SMILES string of the molecule is COC(=O)CCC(=O)c1ccc(Br)c(C(F)(F)F)c1. The molecule has 0 aliphatic carbocycles. The first-order valence-electron chi connectivity index (χ1n) is 5.22. The fraction of sp³-hybridized carbons (Fsp3) is 0.333. The summed E-state index contributed by atoms with van der Waals surface area (Å²) in [6, 6.07) is 3.21. The maximum atomic E-state index is 12.6. The molecule has 0 N–H and O–H groups in total. The number of ketones is 1. The molecule has 7 heteroatoms. The van der Waals surface area contributed by atoms with Crippen molar-refractivity contribution in [1.82, 2.24) is 0 Å². The van der Waals surface area contributed by atoms with Crippen molar-refractivity contribution in [2.45, 2.75) is 19.0 Å². The van der Waals surface area contributed by atoms with Crippen LogP contribution in [0.25, 0.3) is 0 Å². The molecule has 0 amide bonds. The van der Waals surface area contributed by atoms with Crippen LogP contribution < -0.4 is 0 Å². The normalized spacial score (nSPS) is 11.2. The predicted octanol–water partition coefficient (Wildman–Crippen LogP) is 3.60. The smallest absolute Gasteiger partial charge is 0.417 e. The van der Waals surface area contributed by atoms with Crippen molar-refractivity contribution < 1.29 is 27.5 Å². The molecule has 1 aromatic carbocycles. The third-order valence-corrected chi connectivity index (χ3v) is 3.07. The third-order valence-electron chi connectivity index (χ3n) is 2.38. The summed E-state index contributed by atoms with van der Waals surface area (Å²) in [7, 11) is 1.17. The Kier molecular flexibility index (Phi) is 5.11. The Hall–Kier alpha value is -1.37. The first-order valence-corrected chi connectivity index (χ1v) is 6.01. The van der Waals surface area contributed by atoms with Gasteiger partial charge in [0.15, 0.2) is 5.78 Å². The maximum absolute atomic E-state index is 12.6. The highest BCUT2D eigenvalue weighted by Gasteiger charge is 2.33. The van der Waals surface area contributed by atoms with Crippen LogP contribution in [-0.2, 0) is 15.7 Å². The van der Waals surface area contributed by atoms with Crippen LogP contribution in [0.15, 0.2) is 22.7 Å². The minimum absolute atomic E-state index is 0.0839. The molecule has 104 valence electrons. The summed E-state index contributed by atoms with van der Waals surface area (Å²) in [5, 5.41) is 0. The van der Waals surface area contributed by atoms with Crippen molar-refractivity contribution in [2.75, 3.05) is 7.11 Å². The number of rotatable bonds is 4. The molecule has 0 radical (unpaired) electrons. The molecule has 0 spiro atoms. The lowest BCUT2D eigenvalue weighted by Crippen LogP contribution is -2.10. The van der Waals surface area contributed by atoms with Crippen LogP contribution >= 0.6 is 15.9 Å². The third kappa shape index (κ3) is 4.34. The van der Waals surface area contributed by atoms with Gasteiger partial charge in [-0.15, -0.1) is 0 Å². The van der Waals surface area contributed by atoms with E-state index in [4.69, 9.17) is 0 Å². The fourth-order valence-corrected chi connectivity index (χ4v) is 1.85. The van der Waals surface area contributed by atoms with E-state index in [1.54, 1.807) is 0 Å². The zero-order valence-electron chi connectivity index (χ0n) is 9.88. The Morgan fingerprint density at radius 2 is 1.89 bits per heavy atom. The van der Waals surface area contributed by atoms with Crippen LogP contribution in [0, 0.1) is 0 Å². The molecule has 0 aliphatic rings. The second kappa shape index (κ2) is 6.18. The second-order valence-electron chi connectivity index (χ2n) is 3.69. The van der Waals surface area contributed by atoms with E-state index in [1.165, 1.54) is 13.2 Å². The molecule has 3 nitrogen and oxygen atoms in total. The van der Waals surface area contributed by atoms with E-state index >= 15 is 0 Å². The van der Waals surface area contributed by atoms with Crippen molar-refractivity contribution in [3.63, 3.8) is 0 Å². The molecule has 1 rings (SSSR count). The van der Waals surface area contributed by atoms with Crippen molar-refractivity contribution >= 4 is 27.7 Å². The number of carbonyl (C=O) groups excluding carboxylic acids is 2. The minimum Gasteiger partial charge on any atom is -0.469 e. The summed E-state index contributed by atoms with van der Waals surface area (Å²) >= 11 is 2.78. The van der Waals surface area contributed by atoms with Gasteiger partial charge in [-0.2, -0.15) is 13.2 Å². The van der Waals surface area contributed by atoms with E-state index in [9.17, 15) is 22.8 Å². The van der Waals surface area contributed by atoms with Crippen molar-refractivity contribution in [2.24, 2.45) is 0 Å². The van der Waals surface area contributed by atoms with E-state index in [0.717, 1.165) is 12.1 Å². The quantitative estimate of drug-likeness (QED) is 0.622. The van der Waals surface area contributed by atoms with Gasteiger partial charge in [-0.3, -0.25) is 9.59 Å². The van der Waals surface area contributed by atoms with Crippen LogP contribution in [0.5, 0.6) is 0 Å². The Balaban J connectivity index is 2.90. The number of methoxy groups -OCH3 is 1. The zero-order chi connectivity index (χ0) is 14.6. The lowest BCUT2D eigenvalue weighted by atomic mass is 10.0. The van der Waals surface area contributed by atoms with E-state index < -0.39 is 23.5 Å². The molecule has 0 heterocycles. The second-order valence-corrected chi connectivity index (χ2v) is 4.55. The van der Waals surface area contributed by atoms with Crippen molar-refractivity contribution in [3.05, 3.63) is 33.8 Å². The number of alkyl halides is 3. The molecule has 0 fully saturated rings. The molecule has 0 aromatic heterocycles. The van der Waals surface area contributed by atoms with Crippen LogP contribution in [0.2, 0.25) is 0 Å². The number of benzene rings is 1. The number of hydrogen-bond donors (Lipinski definition) is 0. The van der Waals surface area contributed by atoms with Gasteiger partial charge in [-0.05, 0) is 12.1 Å². The predicted molar refractivity (Wildman–Crippen MR) is 64.7 cm³/mol. The van der Waals surface area contributed by atoms with Crippen LogP contribution in [0.1, 0.15) is 28.8 Å². The highest BCUT2D eigenvalue weighted by Crippen LogP contribution is 2.35. The highest BCUT2D eigenvalue weighted by atomic mass is 79.9. The van der Waals surface area contributed by atoms with Gasteiger partial charge in [-0.1, -0.05) is 22.0 Å².